The van der Waals surface area contributed by atoms with Crippen molar-refractivity contribution >= 4 is 23.2 Å². The lowest BCUT2D eigenvalue weighted by Crippen LogP contribution is -2.13. The number of para-hydroxylation sites is 1. The number of hydrogen-bond acceptors (Lipinski definition) is 3. The molecule has 1 heterocycles. The minimum Gasteiger partial charge on any atom is -0.490 e. The molecule has 5 nitrogen and oxygen atoms in total. The lowest BCUT2D eigenvalue weighted by Gasteiger charge is -2.13. The van der Waals surface area contributed by atoms with Crippen LogP contribution in [-0.2, 0) is 0 Å². The zero-order valence-electron chi connectivity index (χ0n) is 14.9. The van der Waals surface area contributed by atoms with E-state index in [0.717, 1.165) is 17.1 Å². The van der Waals surface area contributed by atoms with Crippen molar-refractivity contribution < 1.29 is 9.53 Å². The molecule has 0 aliphatic rings. The number of anilines is 1. The number of rotatable bonds is 5. The monoisotopic (exact) mass is 369 g/mol. The predicted octanol–water partition coefficient (Wildman–Crippen LogP) is 4.79. The Kier molecular flexibility index (Phi) is 5.28. The lowest BCUT2D eigenvalue weighted by molar-refractivity contribution is 0.102. The van der Waals surface area contributed by atoms with Gasteiger partial charge in [-0.2, -0.15) is 5.10 Å². The number of carbonyl (C=O) groups excluding carboxylic acids is 1. The van der Waals surface area contributed by atoms with Gasteiger partial charge in [0.25, 0.3) is 5.91 Å². The second-order valence-electron chi connectivity index (χ2n) is 5.89. The number of nitrogens with one attached hydrogen (secondary N) is 1. The zero-order valence-corrected chi connectivity index (χ0v) is 15.7. The van der Waals surface area contributed by atoms with Gasteiger partial charge >= 0.3 is 0 Å². The molecular formula is C20H20ClN3O2. The maximum atomic E-state index is 12.6. The number of aromatic nitrogens is 2. The first kappa shape index (κ1) is 18.0. The molecule has 1 aromatic heterocycles. The fraction of sp³-hybridized carbons (Fsp3) is 0.200. The first-order valence-electron chi connectivity index (χ1n) is 8.36. The minimum absolute atomic E-state index is 0.229. The molecule has 3 aromatic rings. The number of aryl methyl sites for hydroxylation is 2. The fourth-order valence-electron chi connectivity index (χ4n) is 2.74. The van der Waals surface area contributed by atoms with Gasteiger partial charge in [0.2, 0.25) is 0 Å². The van der Waals surface area contributed by atoms with E-state index in [-0.39, 0.29) is 5.91 Å². The van der Waals surface area contributed by atoms with Crippen LogP contribution >= 0.6 is 11.6 Å². The number of ether oxygens (including phenoxy) is 1. The van der Waals surface area contributed by atoms with Crippen LogP contribution in [0.25, 0.3) is 5.69 Å². The molecule has 0 saturated heterocycles. The number of hydrogen-bond donors (Lipinski definition) is 1. The first-order valence-corrected chi connectivity index (χ1v) is 8.73. The van der Waals surface area contributed by atoms with Gasteiger partial charge in [-0.05, 0) is 63.2 Å². The van der Waals surface area contributed by atoms with Gasteiger partial charge < -0.3 is 10.1 Å². The SMILES string of the molecule is CCOc1c(Cl)cccc1NC(=O)c1ccc(-n2nc(C)cc2C)cc1. The summed E-state index contributed by atoms with van der Waals surface area (Å²) in [6, 6.07) is 14.6. The Bertz CT molecular complexity index is 933. The van der Waals surface area contributed by atoms with Crippen LogP contribution in [0.4, 0.5) is 5.69 Å². The Hall–Kier alpha value is -2.79. The molecule has 0 atom stereocenters. The van der Waals surface area contributed by atoms with Crippen molar-refractivity contribution in [3.05, 3.63) is 70.5 Å². The summed E-state index contributed by atoms with van der Waals surface area (Å²) >= 11 is 6.16. The Morgan fingerprint density at radius 2 is 1.92 bits per heavy atom. The average Bonchev–Trinajstić information content (AvgIpc) is 2.96. The fourth-order valence-corrected chi connectivity index (χ4v) is 2.97. The van der Waals surface area contributed by atoms with Crippen molar-refractivity contribution in [2.45, 2.75) is 20.8 Å². The van der Waals surface area contributed by atoms with E-state index in [0.29, 0.717) is 28.6 Å². The molecule has 6 heteroatoms. The second-order valence-corrected chi connectivity index (χ2v) is 6.30. The third kappa shape index (κ3) is 3.73. The summed E-state index contributed by atoms with van der Waals surface area (Å²) in [7, 11) is 0. The van der Waals surface area contributed by atoms with Crippen molar-refractivity contribution in [3.8, 4) is 11.4 Å². The summed E-state index contributed by atoms with van der Waals surface area (Å²) in [5, 5.41) is 7.77. The van der Waals surface area contributed by atoms with E-state index in [1.165, 1.54) is 0 Å². The van der Waals surface area contributed by atoms with Crippen molar-refractivity contribution in [2.75, 3.05) is 11.9 Å². The van der Waals surface area contributed by atoms with Crippen molar-refractivity contribution in [3.63, 3.8) is 0 Å². The van der Waals surface area contributed by atoms with Gasteiger partial charge in [0, 0.05) is 11.3 Å². The molecule has 0 aliphatic heterocycles. The van der Waals surface area contributed by atoms with E-state index in [9.17, 15) is 4.79 Å². The van der Waals surface area contributed by atoms with Crippen LogP contribution in [0.3, 0.4) is 0 Å². The van der Waals surface area contributed by atoms with E-state index in [1.54, 1.807) is 30.3 Å². The normalized spacial score (nSPS) is 10.6. The summed E-state index contributed by atoms with van der Waals surface area (Å²) in [5.74, 6) is 0.248. The van der Waals surface area contributed by atoms with Gasteiger partial charge in [0.15, 0.2) is 5.75 Å². The molecule has 3 rings (SSSR count). The highest BCUT2D eigenvalue weighted by Crippen LogP contribution is 2.33. The Balaban J connectivity index is 1.81. The van der Waals surface area contributed by atoms with E-state index >= 15 is 0 Å². The molecule has 2 aromatic carbocycles. The van der Waals surface area contributed by atoms with Crippen molar-refractivity contribution in [2.24, 2.45) is 0 Å². The maximum absolute atomic E-state index is 12.6. The lowest BCUT2D eigenvalue weighted by atomic mass is 10.2. The van der Waals surface area contributed by atoms with Crippen LogP contribution in [0, 0.1) is 13.8 Å². The molecule has 0 fully saturated rings. The summed E-state index contributed by atoms with van der Waals surface area (Å²) in [5.41, 5.74) is 3.99. The standard InChI is InChI=1S/C20H20ClN3O2/c1-4-26-19-17(21)6-5-7-18(19)22-20(25)15-8-10-16(11-9-15)24-14(3)12-13(2)23-24/h5-12H,4H2,1-3H3,(H,22,25). The van der Waals surface area contributed by atoms with Crippen LogP contribution in [0.15, 0.2) is 48.5 Å². The Morgan fingerprint density at radius 3 is 2.54 bits per heavy atom. The average molecular weight is 370 g/mol. The molecule has 0 aliphatic carbocycles. The van der Waals surface area contributed by atoms with Crippen LogP contribution in [-0.4, -0.2) is 22.3 Å². The topological polar surface area (TPSA) is 56.1 Å². The summed E-state index contributed by atoms with van der Waals surface area (Å²) < 4.78 is 7.39. The smallest absolute Gasteiger partial charge is 0.255 e. The maximum Gasteiger partial charge on any atom is 0.255 e. The molecule has 0 unspecified atom stereocenters. The number of nitrogens with zero attached hydrogens (tertiary/aromatic N) is 2. The van der Waals surface area contributed by atoms with Gasteiger partial charge in [0.05, 0.1) is 28.7 Å². The molecule has 134 valence electrons. The van der Waals surface area contributed by atoms with Gasteiger partial charge in [0.1, 0.15) is 0 Å². The van der Waals surface area contributed by atoms with Gasteiger partial charge in [-0.3, -0.25) is 4.79 Å². The summed E-state index contributed by atoms with van der Waals surface area (Å²) in [4.78, 5) is 12.6. The predicted molar refractivity (Wildman–Crippen MR) is 104 cm³/mol. The minimum atomic E-state index is -0.229. The third-order valence-electron chi connectivity index (χ3n) is 3.89. The van der Waals surface area contributed by atoms with Gasteiger partial charge in [-0.25, -0.2) is 4.68 Å². The highest BCUT2D eigenvalue weighted by Gasteiger charge is 2.13. The van der Waals surface area contributed by atoms with Gasteiger partial charge in [-0.15, -0.1) is 0 Å². The Morgan fingerprint density at radius 1 is 1.19 bits per heavy atom. The molecule has 1 N–H and O–H groups in total. The number of amides is 1. The van der Waals surface area contributed by atoms with Crippen LogP contribution in [0.1, 0.15) is 28.7 Å². The molecule has 1 amide bonds. The van der Waals surface area contributed by atoms with Gasteiger partial charge in [-0.1, -0.05) is 17.7 Å². The number of carbonyl (C=O) groups is 1. The molecule has 0 spiro atoms. The molecule has 0 saturated carbocycles. The van der Waals surface area contributed by atoms with E-state index in [4.69, 9.17) is 16.3 Å². The Labute approximate surface area is 157 Å². The van der Waals surface area contributed by atoms with Crippen LogP contribution < -0.4 is 10.1 Å². The van der Waals surface area contributed by atoms with Crippen LogP contribution in [0.5, 0.6) is 5.75 Å². The first-order chi connectivity index (χ1) is 12.5. The summed E-state index contributed by atoms with van der Waals surface area (Å²) in [6.45, 7) is 6.28. The molecule has 0 radical (unpaired) electrons. The van der Waals surface area contributed by atoms with Crippen LogP contribution in [0.2, 0.25) is 5.02 Å². The third-order valence-corrected chi connectivity index (χ3v) is 4.19. The number of halogens is 1. The van der Waals surface area contributed by atoms with Crippen molar-refractivity contribution in [1.29, 1.82) is 0 Å². The van der Waals surface area contributed by atoms with E-state index < -0.39 is 0 Å². The molecule has 26 heavy (non-hydrogen) atoms. The highest BCUT2D eigenvalue weighted by molar-refractivity contribution is 6.32. The molecule has 0 bridgehead atoms. The number of benzene rings is 2. The highest BCUT2D eigenvalue weighted by atomic mass is 35.5. The largest absolute Gasteiger partial charge is 0.490 e. The van der Waals surface area contributed by atoms with Crippen molar-refractivity contribution in [1.82, 2.24) is 9.78 Å². The second kappa shape index (κ2) is 7.62. The van der Waals surface area contributed by atoms with E-state index in [2.05, 4.69) is 10.4 Å². The van der Waals surface area contributed by atoms with E-state index in [1.807, 2.05) is 43.7 Å². The summed E-state index contributed by atoms with van der Waals surface area (Å²) in [6.07, 6.45) is 0. The quantitative estimate of drug-likeness (QED) is 0.703. The molecular weight excluding hydrogens is 350 g/mol. The zero-order chi connectivity index (χ0) is 18.7.